The summed E-state index contributed by atoms with van der Waals surface area (Å²) in [5.41, 5.74) is -0.399. The van der Waals surface area contributed by atoms with Gasteiger partial charge in [0.15, 0.2) is 33.8 Å². The average molecular weight is 477 g/mol. The van der Waals surface area contributed by atoms with Crippen LogP contribution >= 0.6 is 0 Å². The topological polar surface area (TPSA) is 65.1 Å². The molecule has 0 saturated carbocycles. The number of nitrogens with zero attached hydrogens (tertiary/aromatic N) is 1. The Hall–Kier alpha value is -3.04. The van der Waals surface area contributed by atoms with Crippen LogP contribution in [-0.2, 0) is 14.8 Å². The number of hydrogen-bond donors (Lipinski definition) is 0. The van der Waals surface area contributed by atoms with Gasteiger partial charge >= 0.3 is 0 Å². The number of methoxy groups -OCH3 is 1. The average Bonchev–Trinajstić information content (AvgIpc) is 2.72. The quantitative estimate of drug-likeness (QED) is 0.253. The van der Waals surface area contributed by atoms with E-state index in [1.165, 1.54) is 7.11 Å². The molecule has 0 aliphatic carbocycles. The van der Waals surface area contributed by atoms with E-state index in [0.29, 0.717) is 10.4 Å². The number of rotatable bonds is 8. The van der Waals surface area contributed by atoms with Gasteiger partial charge in [-0.25, -0.2) is 26.0 Å². The third-order valence-electron chi connectivity index (χ3n) is 4.56. The molecule has 0 bridgehead atoms. The largest absolute Gasteiger partial charge is 0.494 e. The predicted octanol–water partition coefficient (Wildman–Crippen LogP) is 3.24. The molecule has 32 heavy (non-hydrogen) atoms. The van der Waals surface area contributed by atoms with Gasteiger partial charge in [-0.05, 0) is 12.1 Å². The summed E-state index contributed by atoms with van der Waals surface area (Å²) in [6, 6.07) is 2.87. The second-order valence-electron chi connectivity index (χ2n) is 6.66. The normalized spacial score (nSPS) is 13.9. The Kier molecular flexibility index (Phi) is 6.80. The van der Waals surface area contributed by atoms with E-state index in [2.05, 4.69) is 0 Å². The van der Waals surface area contributed by atoms with Crippen LogP contribution in [-0.4, -0.2) is 41.9 Å². The Morgan fingerprint density at radius 1 is 1.12 bits per heavy atom. The molecule has 1 saturated heterocycles. The fourth-order valence-corrected chi connectivity index (χ4v) is 4.41. The summed E-state index contributed by atoms with van der Waals surface area (Å²) in [7, 11) is -4.04. The summed E-state index contributed by atoms with van der Waals surface area (Å²) in [6.07, 6.45) is 5.20. The lowest BCUT2D eigenvalue weighted by atomic mass is 10.1. The monoisotopic (exact) mass is 477 g/mol. The Morgan fingerprint density at radius 3 is 2.31 bits per heavy atom. The van der Waals surface area contributed by atoms with Crippen LogP contribution in [0.25, 0.3) is 0 Å². The SMILES string of the molecule is C#CCN(c1ccc(OC)c(F)c1)S(=O)(=O)c1c(F)c(F)c(F)c(F)c1OCC1COC1. The second kappa shape index (κ2) is 9.22. The molecule has 1 aliphatic heterocycles. The van der Waals surface area contributed by atoms with Crippen LogP contribution in [0, 0.1) is 47.3 Å². The highest BCUT2D eigenvalue weighted by Gasteiger charge is 2.38. The van der Waals surface area contributed by atoms with Gasteiger partial charge in [-0.3, -0.25) is 4.31 Å². The molecule has 6 nitrogen and oxygen atoms in total. The summed E-state index contributed by atoms with van der Waals surface area (Å²) in [5, 5.41) is 0. The Labute approximate surface area is 180 Å². The smallest absolute Gasteiger partial charge is 0.272 e. The number of anilines is 1. The molecule has 1 fully saturated rings. The second-order valence-corrected chi connectivity index (χ2v) is 8.46. The summed E-state index contributed by atoms with van der Waals surface area (Å²) >= 11 is 0. The zero-order chi connectivity index (χ0) is 23.6. The van der Waals surface area contributed by atoms with Crippen molar-refractivity contribution in [3.63, 3.8) is 0 Å². The van der Waals surface area contributed by atoms with E-state index in [1.807, 2.05) is 5.92 Å². The zero-order valence-electron chi connectivity index (χ0n) is 16.5. The van der Waals surface area contributed by atoms with Gasteiger partial charge < -0.3 is 14.2 Å². The summed E-state index contributed by atoms with van der Waals surface area (Å²) in [6.45, 7) is -0.727. The van der Waals surface area contributed by atoms with Gasteiger partial charge in [0.25, 0.3) is 10.0 Å². The molecule has 0 aromatic heterocycles. The van der Waals surface area contributed by atoms with E-state index in [9.17, 15) is 30.4 Å². The van der Waals surface area contributed by atoms with Gasteiger partial charge in [0.2, 0.25) is 11.6 Å². The molecule has 1 heterocycles. The Balaban J connectivity index is 2.17. The number of benzene rings is 2. The van der Waals surface area contributed by atoms with Crippen LogP contribution in [0.5, 0.6) is 11.5 Å². The number of halogens is 5. The lowest BCUT2D eigenvalue weighted by Crippen LogP contribution is -2.35. The van der Waals surface area contributed by atoms with E-state index >= 15 is 0 Å². The summed E-state index contributed by atoms with van der Waals surface area (Å²) in [5.74, 6) is -9.73. The van der Waals surface area contributed by atoms with Crippen molar-refractivity contribution in [3.8, 4) is 23.8 Å². The molecule has 1 aliphatic rings. The lowest BCUT2D eigenvalue weighted by molar-refractivity contribution is -0.0518. The van der Waals surface area contributed by atoms with Gasteiger partial charge in [0.1, 0.15) is 0 Å². The highest BCUT2D eigenvalue weighted by Crippen LogP contribution is 2.38. The lowest BCUT2D eigenvalue weighted by Gasteiger charge is -2.27. The van der Waals surface area contributed by atoms with Crippen LogP contribution in [0.1, 0.15) is 0 Å². The Morgan fingerprint density at radius 2 is 1.78 bits per heavy atom. The molecular weight excluding hydrogens is 461 g/mol. The van der Waals surface area contributed by atoms with Crippen molar-refractivity contribution in [1.82, 2.24) is 0 Å². The van der Waals surface area contributed by atoms with Crippen molar-refractivity contribution in [2.75, 3.05) is 37.8 Å². The van der Waals surface area contributed by atoms with Crippen LogP contribution < -0.4 is 13.8 Å². The minimum absolute atomic E-state index is 0.199. The maximum Gasteiger partial charge on any atom is 0.272 e. The number of hydrogen-bond acceptors (Lipinski definition) is 5. The van der Waals surface area contributed by atoms with E-state index in [4.69, 9.17) is 20.6 Å². The third-order valence-corrected chi connectivity index (χ3v) is 6.36. The van der Waals surface area contributed by atoms with Crippen LogP contribution in [0.4, 0.5) is 27.6 Å². The van der Waals surface area contributed by atoms with Crippen LogP contribution in [0.15, 0.2) is 23.1 Å². The molecule has 0 unspecified atom stereocenters. The third kappa shape index (κ3) is 4.18. The maximum absolute atomic E-state index is 14.7. The predicted molar refractivity (Wildman–Crippen MR) is 102 cm³/mol. The highest BCUT2D eigenvalue weighted by atomic mass is 32.2. The molecule has 2 aromatic carbocycles. The van der Waals surface area contributed by atoms with Gasteiger partial charge in [-0.2, -0.15) is 4.39 Å². The standard InChI is InChI=1S/C20H16F5NO5S/c1-3-6-26(12-4-5-14(29-2)13(21)7-12)32(27,28)20-18(25)16(23)15(22)17(24)19(20)31-10-11-8-30-9-11/h1,4-5,7,11H,6,8-10H2,2H3. The first-order valence-electron chi connectivity index (χ1n) is 8.99. The molecule has 3 rings (SSSR count). The Bertz CT molecular complexity index is 1180. The molecule has 0 spiro atoms. The first kappa shape index (κ1) is 23.6. The van der Waals surface area contributed by atoms with Crippen LogP contribution in [0.3, 0.4) is 0 Å². The van der Waals surface area contributed by atoms with Crippen molar-refractivity contribution >= 4 is 15.7 Å². The number of ether oxygens (including phenoxy) is 3. The minimum Gasteiger partial charge on any atom is -0.494 e. The van der Waals surface area contributed by atoms with Gasteiger partial charge in [-0.1, -0.05) is 5.92 Å². The molecule has 12 heteroatoms. The number of sulfonamides is 1. The van der Waals surface area contributed by atoms with E-state index in [-0.39, 0.29) is 31.5 Å². The highest BCUT2D eigenvalue weighted by molar-refractivity contribution is 7.93. The molecule has 0 N–H and O–H groups in total. The van der Waals surface area contributed by atoms with Crippen LogP contribution in [0.2, 0.25) is 0 Å². The van der Waals surface area contributed by atoms with Crippen molar-refractivity contribution in [2.45, 2.75) is 4.90 Å². The first-order chi connectivity index (χ1) is 15.1. The summed E-state index contributed by atoms with van der Waals surface area (Å²) < 4.78 is 113. The van der Waals surface area contributed by atoms with E-state index in [1.54, 1.807) is 0 Å². The molecule has 0 amide bonds. The van der Waals surface area contributed by atoms with Gasteiger partial charge in [0, 0.05) is 12.0 Å². The molecule has 172 valence electrons. The van der Waals surface area contributed by atoms with Gasteiger partial charge in [-0.15, -0.1) is 6.42 Å². The van der Waals surface area contributed by atoms with Crippen molar-refractivity contribution in [1.29, 1.82) is 0 Å². The molecule has 2 aromatic rings. The molecular formula is C20H16F5NO5S. The molecule has 0 atom stereocenters. The van der Waals surface area contributed by atoms with Crippen molar-refractivity contribution < 1.29 is 44.6 Å². The maximum atomic E-state index is 14.7. The van der Waals surface area contributed by atoms with E-state index < -0.39 is 62.0 Å². The fourth-order valence-electron chi connectivity index (χ4n) is 2.85. The first-order valence-corrected chi connectivity index (χ1v) is 10.4. The van der Waals surface area contributed by atoms with Crippen molar-refractivity contribution in [3.05, 3.63) is 47.3 Å². The fraction of sp³-hybridized carbons (Fsp3) is 0.300. The molecule has 0 radical (unpaired) electrons. The van der Waals surface area contributed by atoms with Crippen molar-refractivity contribution in [2.24, 2.45) is 5.92 Å². The number of terminal acetylenes is 1. The van der Waals surface area contributed by atoms with Gasteiger partial charge in [0.05, 0.1) is 39.2 Å². The minimum atomic E-state index is -5.21. The zero-order valence-corrected chi connectivity index (χ0v) is 17.3. The summed E-state index contributed by atoms with van der Waals surface area (Å²) in [4.78, 5) is -1.61. The van der Waals surface area contributed by atoms with E-state index in [0.717, 1.165) is 12.1 Å².